The van der Waals surface area contributed by atoms with Crippen LogP contribution in [0, 0.1) is 0 Å². The maximum atomic E-state index is 12.4. The van der Waals surface area contributed by atoms with E-state index in [2.05, 4.69) is 9.72 Å². The van der Waals surface area contributed by atoms with Gasteiger partial charge in [0.15, 0.2) is 0 Å². The first-order valence-corrected chi connectivity index (χ1v) is 6.45. The molecule has 1 aromatic carbocycles. The number of carbonyl (C=O) groups is 2. The largest absolute Gasteiger partial charge is 0.465 e. The molecular weight excluding hydrogens is 268 g/mol. The van der Waals surface area contributed by atoms with E-state index in [1.807, 2.05) is 18.2 Å². The maximum Gasteiger partial charge on any atom is 0.337 e. The van der Waals surface area contributed by atoms with Crippen molar-refractivity contribution in [3.8, 4) is 0 Å². The third-order valence-corrected chi connectivity index (χ3v) is 3.00. The Morgan fingerprint density at radius 2 is 1.90 bits per heavy atom. The van der Waals surface area contributed by atoms with Crippen LogP contribution >= 0.6 is 0 Å². The van der Waals surface area contributed by atoms with Gasteiger partial charge in [-0.2, -0.15) is 0 Å². The Hall–Kier alpha value is -2.69. The van der Waals surface area contributed by atoms with Crippen LogP contribution in [-0.2, 0) is 11.3 Å². The molecular formula is C16H16N2O3. The van der Waals surface area contributed by atoms with Gasteiger partial charge < -0.3 is 9.64 Å². The molecule has 108 valence electrons. The van der Waals surface area contributed by atoms with Crippen LogP contribution in [0.15, 0.2) is 48.7 Å². The number of benzene rings is 1. The molecule has 1 heterocycles. The minimum atomic E-state index is -0.461. The summed E-state index contributed by atoms with van der Waals surface area (Å²) in [4.78, 5) is 29.6. The Labute approximate surface area is 123 Å². The van der Waals surface area contributed by atoms with Gasteiger partial charge in [0.2, 0.25) is 0 Å². The highest BCUT2D eigenvalue weighted by Gasteiger charge is 2.14. The van der Waals surface area contributed by atoms with E-state index in [4.69, 9.17) is 0 Å². The second-order valence-electron chi connectivity index (χ2n) is 4.55. The van der Waals surface area contributed by atoms with E-state index in [0.717, 1.165) is 5.69 Å². The summed E-state index contributed by atoms with van der Waals surface area (Å²) in [5, 5.41) is 0. The van der Waals surface area contributed by atoms with E-state index in [-0.39, 0.29) is 5.91 Å². The molecule has 0 bridgehead atoms. The fraction of sp³-hybridized carbons (Fsp3) is 0.188. The molecule has 1 aromatic heterocycles. The van der Waals surface area contributed by atoms with E-state index in [9.17, 15) is 9.59 Å². The predicted octanol–water partition coefficient (Wildman–Crippen LogP) is 2.14. The van der Waals surface area contributed by atoms with Crippen molar-refractivity contribution in [3.05, 3.63) is 65.5 Å². The summed E-state index contributed by atoms with van der Waals surface area (Å²) in [5.74, 6) is -0.636. The molecule has 0 N–H and O–H groups in total. The maximum absolute atomic E-state index is 12.4. The summed E-state index contributed by atoms with van der Waals surface area (Å²) in [6.45, 7) is 0.405. The van der Waals surface area contributed by atoms with E-state index >= 15 is 0 Å². The van der Waals surface area contributed by atoms with E-state index in [0.29, 0.717) is 17.7 Å². The molecule has 0 atom stereocenters. The molecule has 0 unspecified atom stereocenters. The smallest absolute Gasteiger partial charge is 0.337 e. The van der Waals surface area contributed by atoms with Crippen molar-refractivity contribution in [1.82, 2.24) is 9.88 Å². The lowest BCUT2D eigenvalue weighted by Crippen LogP contribution is -2.26. The predicted molar refractivity (Wildman–Crippen MR) is 77.8 cm³/mol. The summed E-state index contributed by atoms with van der Waals surface area (Å²) in [6, 6.07) is 12.0. The van der Waals surface area contributed by atoms with Gasteiger partial charge in [0.25, 0.3) is 5.91 Å². The third kappa shape index (κ3) is 3.66. The summed E-state index contributed by atoms with van der Waals surface area (Å²) < 4.78 is 4.65. The normalized spacial score (nSPS) is 10.0. The summed E-state index contributed by atoms with van der Waals surface area (Å²) in [5.41, 5.74) is 1.60. The van der Waals surface area contributed by atoms with Crippen molar-refractivity contribution in [2.75, 3.05) is 14.2 Å². The van der Waals surface area contributed by atoms with Crippen LogP contribution in [-0.4, -0.2) is 35.9 Å². The second kappa shape index (κ2) is 6.65. The Bertz CT molecular complexity index is 641. The average Bonchev–Trinajstić information content (AvgIpc) is 2.54. The monoisotopic (exact) mass is 284 g/mol. The Morgan fingerprint density at radius 3 is 2.57 bits per heavy atom. The molecule has 0 radical (unpaired) electrons. The van der Waals surface area contributed by atoms with Gasteiger partial charge in [-0.15, -0.1) is 0 Å². The Kier molecular flexibility index (Phi) is 4.66. The van der Waals surface area contributed by atoms with Gasteiger partial charge >= 0.3 is 5.97 Å². The summed E-state index contributed by atoms with van der Waals surface area (Å²) in [6.07, 6.45) is 1.69. The molecule has 21 heavy (non-hydrogen) atoms. The van der Waals surface area contributed by atoms with Crippen LogP contribution in [0.1, 0.15) is 26.4 Å². The van der Waals surface area contributed by atoms with Crippen molar-refractivity contribution in [2.24, 2.45) is 0 Å². The topological polar surface area (TPSA) is 59.5 Å². The number of pyridine rings is 1. The number of ether oxygens (including phenoxy) is 1. The molecule has 5 nitrogen and oxygen atoms in total. The number of rotatable bonds is 4. The minimum absolute atomic E-state index is 0.175. The van der Waals surface area contributed by atoms with Gasteiger partial charge in [0, 0.05) is 18.8 Å². The van der Waals surface area contributed by atoms with E-state index < -0.39 is 5.97 Å². The van der Waals surface area contributed by atoms with Crippen molar-refractivity contribution in [2.45, 2.75) is 6.54 Å². The fourth-order valence-corrected chi connectivity index (χ4v) is 1.92. The zero-order valence-corrected chi connectivity index (χ0v) is 11.9. The molecule has 0 spiro atoms. The number of hydrogen-bond donors (Lipinski definition) is 0. The summed E-state index contributed by atoms with van der Waals surface area (Å²) in [7, 11) is 3.01. The highest BCUT2D eigenvalue weighted by atomic mass is 16.5. The summed E-state index contributed by atoms with van der Waals surface area (Å²) >= 11 is 0. The number of esters is 1. The highest BCUT2D eigenvalue weighted by Crippen LogP contribution is 2.10. The lowest BCUT2D eigenvalue weighted by Gasteiger charge is -2.17. The Morgan fingerprint density at radius 1 is 1.14 bits per heavy atom. The minimum Gasteiger partial charge on any atom is -0.465 e. The van der Waals surface area contributed by atoms with Crippen LogP contribution in [0.5, 0.6) is 0 Å². The molecule has 0 saturated carbocycles. The number of amides is 1. The Balaban J connectivity index is 2.14. The molecule has 0 fully saturated rings. The van der Waals surface area contributed by atoms with Crippen molar-refractivity contribution >= 4 is 11.9 Å². The zero-order chi connectivity index (χ0) is 15.2. The molecule has 0 aliphatic heterocycles. The van der Waals surface area contributed by atoms with Gasteiger partial charge in [-0.1, -0.05) is 12.1 Å². The highest BCUT2D eigenvalue weighted by molar-refractivity contribution is 5.97. The van der Waals surface area contributed by atoms with Gasteiger partial charge in [-0.05, 0) is 30.3 Å². The molecule has 1 amide bonds. The van der Waals surface area contributed by atoms with Crippen molar-refractivity contribution in [3.63, 3.8) is 0 Å². The average molecular weight is 284 g/mol. The number of carbonyl (C=O) groups excluding carboxylic acids is 2. The molecule has 0 aliphatic carbocycles. The standard InChI is InChI=1S/C16H16N2O3/c1-18(11-14-8-3-4-9-17-14)15(19)12-6-5-7-13(10-12)16(20)21-2/h3-10H,11H2,1-2H3. The number of hydrogen-bond acceptors (Lipinski definition) is 4. The van der Waals surface area contributed by atoms with Crippen LogP contribution < -0.4 is 0 Å². The first-order chi connectivity index (χ1) is 10.1. The van der Waals surface area contributed by atoms with E-state index in [1.54, 1.807) is 36.3 Å². The quantitative estimate of drug-likeness (QED) is 0.807. The third-order valence-electron chi connectivity index (χ3n) is 3.00. The molecule has 2 aromatic rings. The van der Waals surface area contributed by atoms with Crippen LogP contribution in [0.25, 0.3) is 0 Å². The molecule has 5 heteroatoms. The van der Waals surface area contributed by atoms with Crippen LogP contribution in [0.3, 0.4) is 0 Å². The van der Waals surface area contributed by atoms with Crippen LogP contribution in [0.4, 0.5) is 0 Å². The molecule has 0 saturated heterocycles. The van der Waals surface area contributed by atoms with Crippen molar-refractivity contribution in [1.29, 1.82) is 0 Å². The second-order valence-corrected chi connectivity index (χ2v) is 4.55. The number of methoxy groups -OCH3 is 1. The van der Waals surface area contributed by atoms with Crippen LogP contribution in [0.2, 0.25) is 0 Å². The van der Waals surface area contributed by atoms with E-state index in [1.165, 1.54) is 13.2 Å². The lowest BCUT2D eigenvalue weighted by molar-refractivity contribution is 0.0600. The fourth-order valence-electron chi connectivity index (χ4n) is 1.92. The molecule has 2 rings (SSSR count). The zero-order valence-electron chi connectivity index (χ0n) is 11.9. The van der Waals surface area contributed by atoms with Gasteiger partial charge in [-0.3, -0.25) is 9.78 Å². The lowest BCUT2D eigenvalue weighted by atomic mass is 10.1. The van der Waals surface area contributed by atoms with Gasteiger partial charge in [0.1, 0.15) is 0 Å². The SMILES string of the molecule is COC(=O)c1cccc(C(=O)N(C)Cc2ccccn2)c1. The first kappa shape index (κ1) is 14.7. The molecule has 0 aliphatic rings. The van der Waals surface area contributed by atoms with Gasteiger partial charge in [0.05, 0.1) is 24.9 Å². The van der Waals surface area contributed by atoms with Crippen molar-refractivity contribution < 1.29 is 14.3 Å². The number of nitrogens with zero attached hydrogens (tertiary/aromatic N) is 2. The first-order valence-electron chi connectivity index (χ1n) is 6.45. The van der Waals surface area contributed by atoms with Gasteiger partial charge in [-0.25, -0.2) is 4.79 Å². The number of aromatic nitrogens is 1.